The third-order valence-corrected chi connectivity index (χ3v) is 4.06. The smallest absolute Gasteiger partial charge is 0.273 e. The Balaban J connectivity index is 1.77. The minimum Gasteiger partial charge on any atom is -0.460 e. The second-order valence-electron chi connectivity index (χ2n) is 5.85. The molecule has 126 valence electrons. The molecule has 0 amide bonds. The number of rotatable bonds is 4. The molecule has 7 nitrogen and oxygen atoms in total. The summed E-state index contributed by atoms with van der Waals surface area (Å²) in [6.45, 7) is 5.98. The predicted octanol–water partition coefficient (Wildman–Crippen LogP) is 3.27. The first-order chi connectivity index (χ1) is 12.2. The molecule has 0 aliphatic rings. The highest BCUT2D eigenvalue weighted by molar-refractivity contribution is 5.99. The molecule has 4 aromatic rings. The summed E-state index contributed by atoms with van der Waals surface area (Å²) in [6.07, 6.45) is 4.15. The SMILES string of the molecule is CCc1oc2ccccc2c1/C=N\n1cnnc1-n1nc(C)cc1C. The van der Waals surface area contributed by atoms with Crippen molar-refractivity contribution in [1.29, 1.82) is 0 Å². The Kier molecular flexibility index (Phi) is 3.68. The first kappa shape index (κ1) is 15.3. The lowest BCUT2D eigenvalue weighted by atomic mass is 10.1. The number of fused-ring (bicyclic) bond motifs is 1. The summed E-state index contributed by atoms with van der Waals surface area (Å²) in [6, 6.07) is 9.95. The number of furan rings is 1. The molecule has 4 rings (SSSR count). The molecule has 0 saturated heterocycles. The van der Waals surface area contributed by atoms with Crippen LogP contribution < -0.4 is 0 Å². The lowest BCUT2D eigenvalue weighted by Crippen LogP contribution is -2.06. The monoisotopic (exact) mass is 334 g/mol. The van der Waals surface area contributed by atoms with Crippen LogP contribution in [-0.4, -0.2) is 30.9 Å². The Labute approximate surface area is 144 Å². The normalized spacial score (nSPS) is 11.8. The molecule has 0 atom stereocenters. The van der Waals surface area contributed by atoms with Crippen LogP contribution in [0.25, 0.3) is 16.9 Å². The maximum Gasteiger partial charge on any atom is 0.273 e. The Bertz CT molecular complexity index is 1070. The molecular formula is C18H18N6O. The third kappa shape index (κ3) is 2.63. The fraction of sp³-hybridized carbons (Fsp3) is 0.222. The Morgan fingerprint density at radius 1 is 1.24 bits per heavy atom. The van der Waals surface area contributed by atoms with Crippen LogP contribution in [0.15, 0.2) is 46.2 Å². The van der Waals surface area contributed by atoms with Crippen LogP contribution in [-0.2, 0) is 6.42 Å². The zero-order valence-electron chi connectivity index (χ0n) is 14.3. The van der Waals surface area contributed by atoms with E-state index in [9.17, 15) is 0 Å². The predicted molar refractivity (Wildman–Crippen MR) is 95.2 cm³/mol. The summed E-state index contributed by atoms with van der Waals surface area (Å²) in [4.78, 5) is 0. The number of para-hydroxylation sites is 1. The Hall–Kier alpha value is -3.22. The van der Waals surface area contributed by atoms with E-state index < -0.39 is 0 Å². The number of nitrogens with zero attached hydrogens (tertiary/aromatic N) is 6. The average molecular weight is 334 g/mol. The fourth-order valence-corrected chi connectivity index (χ4v) is 2.92. The van der Waals surface area contributed by atoms with Crippen LogP contribution >= 0.6 is 0 Å². The van der Waals surface area contributed by atoms with Gasteiger partial charge in [-0.3, -0.25) is 0 Å². The Morgan fingerprint density at radius 2 is 2.08 bits per heavy atom. The van der Waals surface area contributed by atoms with Crippen molar-refractivity contribution in [2.45, 2.75) is 27.2 Å². The van der Waals surface area contributed by atoms with Crippen molar-refractivity contribution in [2.24, 2.45) is 5.10 Å². The van der Waals surface area contributed by atoms with Crippen LogP contribution in [0.4, 0.5) is 0 Å². The molecule has 0 N–H and O–H groups in total. The van der Waals surface area contributed by atoms with Gasteiger partial charge in [-0.2, -0.15) is 14.9 Å². The van der Waals surface area contributed by atoms with Gasteiger partial charge >= 0.3 is 0 Å². The van der Waals surface area contributed by atoms with Gasteiger partial charge in [0, 0.05) is 23.1 Å². The topological polar surface area (TPSA) is 74.0 Å². The summed E-state index contributed by atoms with van der Waals surface area (Å²) < 4.78 is 9.25. The van der Waals surface area contributed by atoms with Crippen molar-refractivity contribution in [3.8, 4) is 5.95 Å². The van der Waals surface area contributed by atoms with Crippen LogP contribution in [0.5, 0.6) is 0 Å². The minimum absolute atomic E-state index is 0.549. The van der Waals surface area contributed by atoms with Gasteiger partial charge in [0.2, 0.25) is 0 Å². The summed E-state index contributed by atoms with van der Waals surface area (Å²) in [5.74, 6) is 1.46. The average Bonchev–Trinajstić information content (AvgIpc) is 3.29. The van der Waals surface area contributed by atoms with E-state index in [-0.39, 0.29) is 0 Å². The molecule has 3 heterocycles. The molecule has 25 heavy (non-hydrogen) atoms. The molecule has 3 aromatic heterocycles. The van der Waals surface area contributed by atoms with E-state index in [1.54, 1.807) is 21.9 Å². The molecule has 0 aliphatic carbocycles. The van der Waals surface area contributed by atoms with E-state index in [4.69, 9.17) is 4.42 Å². The molecule has 0 fully saturated rings. The van der Waals surface area contributed by atoms with Gasteiger partial charge < -0.3 is 4.42 Å². The van der Waals surface area contributed by atoms with Gasteiger partial charge in [0.25, 0.3) is 5.95 Å². The summed E-state index contributed by atoms with van der Waals surface area (Å²) in [5, 5.41) is 18.1. The van der Waals surface area contributed by atoms with Gasteiger partial charge in [0.05, 0.1) is 11.9 Å². The molecule has 0 aliphatic heterocycles. The highest BCUT2D eigenvalue weighted by atomic mass is 16.3. The lowest BCUT2D eigenvalue weighted by molar-refractivity contribution is 0.556. The van der Waals surface area contributed by atoms with Crippen LogP contribution in [0.1, 0.15) is 29.6 Å². The van der Waals surface area contributed by atoms with Crippen molar-refractivity contribution < 1.29 is 4.42 Å². The van der Waals surface area contributed by atoms with E-state index in [1.807, 2.05) is 44.2 Å². The van der Waals surface area contributed by atoms with E-state index in [0.717, 1.165) is 40.1 Å². The van der Waals surface area contributed by atoms with Crippen LogP contribution in [0.3, 0.4) is 0 Å². The second-order valence-corrected chi connectivity index (χ2v) is 5.85. The van der Waals surface area contributed by atoms with Crippen molar-refractivity contribution in [2.75, 3.05) is 0 Å². The van der Waals surface area contributed by atoms with Gasteiger partial charge in [-0.25, -0.2) is 4.68 Å². The zero-order valence-corrected chi connectivity index (χ0v) is 14.3. The molecular weight excluding hydrogens is 316 g/mol. The molecule has 0 spiro atoms. The largest absolute Gasteiger partial charge is 0.460 e. The Morgan fingerprint density at radius 3 is 2.84 bits per heavy atom. The lowest BCUT2D eigenvalue weighted by Gasteiger charge is -2.02. The maximum absolute atomic E-state index is 5.91. The van der Waals surface area contributed by atoms with Crippen LogP contribution in [0.2, 0.25) is 0 Å². The van der Waals surface area contributed by atoms with E-state index in [0.29, 0.717) is 5.95 Å². The minimum atomic E-state index is 0.549. The number of aromatic nitrogens is 5. The molecule has 0 saturated carbocycles. The number of benzene rings is 1. The molecule has 0 bridgehead atoms. The molecule has 0 radical (unpaired) electrons. The van der Waals surface area contributed by atoms with E-state index in [1.165, 1.54) is 0 Å². The van der Waals surface area contributed by atoms with Crippen molar-refractivity contribution >= 4 is 17.2 Å². The van der Waals surface area contributed by atoms with Gasteiger partial charge in [-0.15, -0.1) is 10.2 Å². The van der Waals surface area contributed by atoms with E-state index in [2.05, 4.69) is 27.3 Å². The van der Waals surface area contributed by atoms with Crippen molar-refractivity contribution in [3.05, 3.63) is 59.4 Å². The maximum atomic E-state index is 5.91. The molecule has 1 aromatic carbocycles. The second kappa shape index (κ2) is 6.01. The first-order valence-corrected chi connectivity index (χ1v) is 8.15. The molecule has 7 heteroatoms. The molecule has 0 unspecified atom stereocenters. The van der Waals surface area contributed by atoms with Crippen molar-refractivity contribution in [3.63, 3.8) is 0 Å². The quantitative estimate of drug-likeness (QED) is 0.537. The number of hydrogen-bond acceptors (Lipinski definition) is 5. The van der Waals surface area contributed by atoms with Gasteiger partial charge in [-0.1, -0.05) is 25.1 Å². The van der Waals surface area contributed by atoms with E-state index >= 15 is 0 Å². The summed E-state index contributed by atoms with van der Waals surface area (Å²) in [7, 11) is 0. The zero-order chi connectivity index (χ0) is 17.4. The fourth-order valence-electron chi connectivity index (χ4n) is 2.92. The van der Waals surface area contributed by atoms with Crippen molar-refractivity contribution in [1.82, 2.24) is 24.7 Å². The number of hydrogen-bond donors (Lipinski definition) is 0. The third-order valence-electron chi connectivity index (χ3n) is 4.06. The van der Waals surface area contributed by atoms with Gasteiger partial charge in [-0.05, 0) is 26.0 Å². The highest BCUT2D eigenvalue weighted by Crippen LogP contribution is 2.25. The van der Waals surface area contributed by atoms with Gasteiger partial charge in [0.1, 0.15) is 17.7 Å². The summed E-state index contributed by atoms with van der Waals surface area (Å²) in [5.41, 5.74) is 3.74. The first-order valence-electron chi connectivity index (χ1n) is 8.15. The van der Waals surface area contributed by atoms with Crippen LogP contribution in [0, 0.1) is 13.8 Å². The highest BCUT2D eigenvalue weighted by Gasteiger charge is 2.13. The number of aryl methyl sites for hydroxylation is 3. The summed E-state index contributed by atoms with van der Waals surface area (Å²) >= 11 is 0. The standard InChI is InChI=1S/C18H18N6O/c1-4-16-15(14-7-5-6-8-17(14)25-16)10-20-23-11-19-21-18(23)24-13(3)9-12(2)22-24/h5-11H,4H2,1-3H3/b20-10-. The van der Waals surface area contributed by atoms with Gasteiger partial charge in [0.15, 0.2) is 0 Å².